The number of phenolic OH excluding ortho intramolecular Hbond substituents is 1. The molecule has 0 unspecified atom stereocenters. The number of allylic oxidation sites excluding steroid dienone is 3. The highest BCUT2D eigenvalue weighted by atomic mass is 16.5. The molecule has 0 radical (unpaired) electrons. The molecule has 96 heavy (non-hydrogen) atoms. The number of ether oxygens (including phenoxy) is 1. The van der Waals surface area contributed by atoms with Crippen molar-refractivity contribution in [2.75, 3.05) is 39.8 Å². The van der Waals surface area contributed by atoms with Crippen molar-refractivity contribution in [3.05, 3.63) is 159 Å². The van der Waals surface area contributed by atoms with Gasteiger partial charge in [-0.05, 0) is 245 Å². The van der Waals surface area contributed by atoms with Crippen LogP contribution in [0.5, 0.6) is 11.7 Å². The smallest absolute Gasteiger partial charge is 0.340 e. The second kappa shape index (κ2) is 27.5. The van der Waals surface area contributed by atoms with Crippen LogP contribution < -0.4 is 26.6 Å². The Bertz CT molecular complexity index is 3850. The molecule has 5 aromatic rings. The molecule has 3 saturated carbocycles. The summed E-state index contributed by atoms with van der Waals surface area (Å²) in [6.45, 7) is 7.55. The molecule has 0 amide bonds. The number of piperidine rings is 1. The second-order valence-corrected chi connectivity index (χ2v) is 30.6. The van der Waals surface area contributed by atoms with E-state index < -0.39 is 45.8 Å². The first-order chi connectivity index (χ1) is 46.5. The first-order valence-corrected chi connectivity index (χ1v) is 36.3. The van der Waals surface area contributed by atoms with Gasteiger partial charge in [0.25, 0.3) is 5.95 Å². The van der Waals surface area contributed by atoms with Gasteiger partial charge in [-0.15, -0.1) is 0 Å². The van der Waals surface area contributed by atoms with Crippen LogP contribution in [0.1, 0.15) is 184 Å². The fourth-order valence-electron chi connectivity index (χ4n) is 20.3. The molecule has 1 aromatic heterocycles. The van der Waals surface area contributed by atoms with E-state index >= 15 is 9.59 Å². The van der Waals surface area contributed by atoms with Gasteiger partial charge in [-0.25, -0.2) is 4.79 Å². The minimum Gasteiger partial charge on any atom is -0.508 e. The van der Waals surface area contributed by atoms with Crippen LogP contribution in [0.25, 0.3) is 16.7 Å². The third kappa shape index (κ3) is 12.5. The van der Waals surface area contributed by atoms with Gasteiger partial charge in [-0.2, -0.15) is 0 Å². The Balaban J connectivity index is 0.966. The monoisotopic (exact) mass is 1300 g/mol. The van der Waals surface area contributed by atoms with Gasteiger partial charge in [0.05, 0.1) is 34.3 Å². The number of carbonyl (C=O) groups excluding carboxylic acids is 3. The summed E-state index contributed by atoms with van der Waals surface area (Å²) in [7, 11) is 1.99. The van der Waals surface area contributed by atoms with E-state index in [9.17, 15) is 30.3 Å². The quantitative estimate of drug-likeness (QED) is 0.0216. The van der Waals surface area contributed by atoms with Crippen LogP contribution in [0.2, 0.25) is 0 Å². The fourth-order valence-corrected chi connectivity index (χ4v) is 20.3. The lowest BCUT2D eigenvalue weighted by molar-refractivity contribution is -0.132. The highest BCUT2D eigenvalue weighted by Crippen LogP contribution is 2.74. The van der Waals surface area contributed by atoms with E-state index in [0.29, 0.717) is 113 Å². The lowest BCUT2D eigenvalue weighted by Crippen LogP contribution is -2.50. The minimum atomic E-state index is -1.43. The number of furan rings is 1. The summed E-state index contributed by atoms with van der Waals surface area (Å²) in [5, 5.41) is 79.7. The molecular weight excluding hydrogens is 1200 g/mol. The third-order valence-corrected chi connectivity index (χ3v) is 24.8. The average Bonchev–Trinajstić information content (AvgIpc) is 1.43. The number of aliphatic hydroxyl groups is 3. The Morgan fingerprint density at radius 1 is 0.844 bits per heavy atom. The van der Waals surface area contributed by atoms with E-state index in [1.807, 2.05) is 37.4 Å². The van der Waals surface area contributed by atoms with Crippen molar-refractivity contribution in [1.29, 1.82) is 0 Å². The summed E-state index contributed by atoms with van der Waals surface area (Å²) < 4.78 is 13.5. The van der Waals surface area contributed by atoms with E-state index in [1.54, 1.807) is 13.0 Å². The van der Waals surface area contributed by atoms with E-state index in [2.05, 4.69) is 106 Å². The van der Waals surface area contributed by atoms with E-state index in [0.717, 1.165) is 102 Å². The fraction of sp³-hybridized carbons (Fsp3) is 0.543. The van der Waals surface area contributed by atoms with Gasteiger partial charge in [0.1, 0.15) is 17.8 Å². The Kier molecular flexibility index (Phi) is 19.1. The molecule has 14 bridgehead atoms. The third-order valence-electron chi connectivity index (χ3n) is 24.8. The Morgan fingerprint density at radius 3 is 2.49 bits per heavy atom. The number of hydrogen-bond acceptors (Lipinski definition) is 15. The number of aldehydes is 1. The highest BCUT2D eigenvalue weighted by Gasteiger charge is 2.68. The van der Waals surface area contributed by atoms with Crippen molar-refractivity contribution < 1.29 is 49.1 Å². The number of benzene rings is 4. The summed E-state index contributed by atoms with van der Waals surface area (Å²) >= 11 is 0. The second-order valence-electron chi connectivity index (χ2n) is 30.6. The predicted molar refractivity (Wildman–Crippen MR) is 370 cm³/mol. The van der Waals surface area contributed by atoms with Crippen LogP contribution >= 0.6 is 0 Å². The van der Waals surface area contributed by atoms with Gasteiger partial charge in [-0.1, -0.05) is 104 Å². The maximum Gasteiger partial charge on any atom is 0.340 e. The molecule has 5 fully saturated rings. The predicted octanol–water partition coefficient (Wildman–Crippen LogP) is 11.4. The van der Waals surface area contributed by atoms with Crippen molar-refractivity contribution in [3.63, 3.8) is 0 Å². The van der Waals surface area contributed by atoms with Gasteiger partial charge < -0.3 is 66.1 Å². The SMILES string of the molecule is CCCNCc1cc2cc(c1)[C@@H]1NC[C@](C)(O)[C@H](CC=O)C#C[C@@H](C3(O)CCCC3)C[C@@H]3C[C@]([C@@H]4CCN[C@@H](NC)C4)(CC(=O)c4oc(O)c5c4CC[C@H]4[C@H]6CC[C@]7(C(=C6c6cc(O)ccc6-c6cccc(c6)CNCC2)C(=O)O/C7=C\[C@H](CCO)Cc2ccccc2)[C@@H]54)C[C@H]31. The summed E-state index contributed by atoms with van der Waals surface area (Å²) in [6.07, 6.45) is 14.7. The van der Waals surface area contributed by atoms with Crippen molar-refractivity contribution >= 4 is 23.6 Å². The zero-order chi connectivity index (χ0) is 66.5. The van der Waals surface area contributed by atoms with Crippen LogP contribution in [0, 0.1) is 70.0 Å². The van der Waals surface area contributed by atoms with E-state index in [-0.39, 0.29) is 96.9 Å². The molecule has 15 nitrogen and oxygen atoms in total. The van der Waals surface area contributed by atoms with Gasteiger partial charge in [0, 0.05) is 68.1 Å². The highest BCUT2D eigenvalue weighted by molar-refractivity contribution is 6.07. The van der Waals surface area contributed by atoms with Crippen LogP contribution in [0.4, 0.5) is 0 Å². The molecule has 11 aliphatic rings. The first kappa shape index (κ1) is 66.5. The summed E-state index contributed by atoms with van der Waals surface area (Å²) in [5.41, 5.74) is 6.61. The van der Waals surface area contributed by atoms with Gasteiger partial charge in [0.2, 0.25) is 0 Å². The van der Waals surface area contributed by atoms with Gasteiger partial charge >= 0.3 is 5.97 Å². The molecule has 2 saturated heterocycles. The number of β-amino-alcohol motifs (C(OH)–C–C–N with tert-alkyl or cyclic N) is 1. The van der Waals surface area contributed by atoms with Crippen molar-refractivity contribution in [3.8, 4) is 34.7 Å². The summed E-state index contributed by atoms with van der Waals surface area (Å²) in [4.78, 5) is 44.6. The number of fused-ring (bicyclic) bond motifs is 5. The Labute approximate surface area is 566 Å². The maximum absolute atomic E-state index is 16.5. The molecule has 1 spiro atoms. The number of Topliss-reactive ketones (excluding diaryl/α,β-unsaturated/α-hetero) is 1. The molecule has 6 aliphatic carbocycles. The number of nitrogens with one attached hydrogen (secondary N) is 5. The maximum atomic E-state index is 16.5. The molecule has 4 aromatic carbocycles. The number of rotatable bonds is 14. The standard InChI is InChI=1S/C81H99N5O10/c1-4-29-83-47-53-35-50-22-30-84-46-52-13-10-14-54(37-52)61-18-17-60(89)42-65(61)70-62-21-28-81(68(95-77(92)73(70)81)39-51(24-32-87)34-49-11-6-5-7-12-49)72-63(62)19-20-64-71(72)76(91)96-75(64)67(90)45-79(58-23-31-85-69(41-58)82-3)43-56-40-59(80(94)26-8-9-27-80)16-15-57(25-33-88)78(2,93)48-86-74(66(56)44-79)55(36-50)38-53/h5-7,10-14,17-18,33,35-39,42,51,56-59,62-63,66,69,72,74,82-87,89,91,93-94H,4,8-9,19-32,34,40-41,43-48H2,1-3H3/b68-39-/t51-,56-,57+,58-,59-,62-,63+,66-,69-,72-,74+,78+,79-,81-/m1/s1. The normalized spacial score (nSPS) is 32.3. The Morgan fingerprint density at radius 2 is 1.69 bits per heavy atom. The number of ketones is 1. The zero-order valence-electron chi connectivity index (χ0n) is 56.3. The molecule has 5 aliphatic heterocycles. The van der Waals surface area contributed by atoms with Crippen LogP contribution in [-0.4, -0.2) is 101 Å². The number of aliphatic hydroxyl groups excluding tert-OH is 1. The molecule has 15 heteroatoms. The molecule has 508 valence electrons. The lowest BCUT2D eigenvalue weighted by Gasteiger charge is -2.56. The van der Waals surface area contributed by atoms with Gasteiger partial charge in [0.15, 0.2) is 11.5 Å². The van der Waals surface area contributed by atoms with Crippen molar-refractivity contribution in [1.82, 2.24) is 26.6 Å². The van der Waals surface area contributed by atoms with E-state index in [4.69, 9.17) is 9.15 Å². The van der Waals surface area contributed by atoms with Crippen molar-refractivity contribution in [2.24, 2.45) is 58.2 Å². The lowest BCUT2D eigenvalue weighted by atomic mass is 9.44. The topological polar surface area (TPSA) is 235 Å². The van der Waals surface area contributed by atoms with Gasteiger partial charge in [-0.3, -0.25) is 4.79 Å². The molecular formula is C81H99N5O10. The molecule has 10 N–H and O–H groups in total. The summed E-state index contributed by atoms with van der Waals surface area (Å²) in [6, 6.07) is 30.8. The van der Waals surface area contributed by atoms with Crippen molar-refractivity contribution in [2.45, 2.75) is 178 Å². The summed E-state index contributed by atoms with van der Waals surface area (Å²) in [5.74, 6) is 4.62. The molecule has 14 atom stereocenters. The average molecular weight is 1300 g/mol. The van der Waals surface area contributed by atoms with Crippen LogP contribution in [0.15, 0.2) is 113 Å². The number of carbonyl (C=O) groups is 3. The number of cyclic esters (lactones) is 1. The van der Waals surface area contributed by atoms with Crippen LogP contribution in [-0.2, 0) is 46.7 Å². The number of aromatic hydroxyl groups is 2. The van der Waals surface area contributed by atoms with E-state index in [1.165, 1.54) is 5.56 Å². The largest absolute Gasteiger partial charge is 0.508 e. The van der Waals surface area contributed by atoms with Crippen LogP contribution in [0.3, 0.4) is 0 Å². The molecule has 6 heterocycles. The molecule has 16 rings (SSSR count). The Hall–Kier alpha value is -6.71. The zero-order valence-corrected chi connectivity index (χ0v) is 56.3. The minimum absolute atomic E-state index is 0.00299. The number of esters is 1. The first-order valence-electron chi connectivity index (χ1n) is 36.3. The number of phenols is 1. The number of hydrogen-bond donors (Lipinski definition) is 10.